The molecule has 1 fully saturated rings. The SMILES string of the molecule is C=C=N.CC1OC1Cl. The standard InChI is InChI=1S/C3H5ClO.C2H3N/c1-2-3(4)5-2;1-2-3/h2-3H,1H3;3H,1H2. The molecule has 2 unspecified atom stereocenters. The molecule has 0 radical (unpaired) electrons. The molecule has 1 heterocycles. The van der Waals surface area contributed by atoms with Gasteiger partial charge in [0.2, 0.25) is 0 Å². The Hall–Kier alpha value is -0.300. The highest BCUT2D eigenvalue weighted by molar-refractivity contribution is 6.21. The van der Waals surface area contributed by atoms with Crippen molar-refractivity contribution in [3.8, 4) is 0 Å². The highest BCUT2D eigenvalue weighted by Gasteiger charge is 2.30. The second-order valence-corrected chi connectivity index (χ2v) is 1.80. The number of ether oxygens (including phenoxy) is 1. The van der Waals surface area contributed by atoms with Crippen molar-refractivity contribution >= 4 is 17.5 Å². The lowest BCUT2D eigenvalue weighted by Crippen LogP contribution is -1.69. The van der Waals surface area contributed by atoms with Gasteiger partial charge in [0.1, 0.15) is 0 Å². The van der Waals surface area contributed by atoms with Gasteiger partial charge in [0, 0.05) is 0 Å². The summed E-state index contributed by atoms with van der Waals surface area (Å²) >= 11 is 5.31. The fourth-order valence-electron chi connectivity index (χ4n) is 0.160. The molecule has 1 aliphatic heterocycles. The molecule has 0 aliphatic carbocycles. The molecule has 0 spiro atoms. The Labute approximate surface area is 53.6 Å². The van der Waals surface area contributed by atoms with Gasteiger partial charge in [-0.15, -0.1) is 0 Å². The summed E-state index contributed by atoms with van der Waals surface area (Å²) in [5, 5.41) is 5.85. The van der Waals surface area contributed by atoms with E-state index < -0.39 is 0 Å². The second kappa shape index (κ2) is 3.67. The Kier molecular flexibility index (Phi) is 3.53. The maximum Gasteiger partial charge on any atom is 0.157 e. The summed E-state index contributed by atoms with van der Waals surface area (Å²) in [4.78, 5) is 0. The number of rotatable bonds is 0. The molecule has 0 saturated carbocycles. The summed E-state index contributed by atoms with van der Waals surface area (Å²) in [5.41, 5.74) is 0.0231. The Balaban J connectivity index is 0.000000145. The van der Waals surface area contributed by atoms with E-state index in [0.29, 0.717) is 6.10 Å². The van der Waals surface area contributed by atoms with Crippen molar-refractivity contribution in [2.45, 2.75) is 18.6 Å². The van der Waals surface area contributed by atoms with Gasteiger partial charge in [0.25, 0.3) is 0 Å². The molecule has 1 rings (SSSR count). The first-order valence-electron chi connectivity index (χ1n) is 2.20. The summed E-state index contributed by atoms with van der Waals surface area (Å²) in [5.74, 6) is 1.75. The third-order valence-electron chi connectivity index (χ3n) is 0.637. The maximum atomic E-state index is 5.85. The number of hydrogen-bond acceptors (Lipinski definition) is 2. The minimum Gasteiger partial charge on any atom is -0.353 e. The van der Waals surface area contributed by atoms with Crippen LogP contribution in [0.1, 0.15) is 6.92 Å². The Morgan fingerprint density at radius 1 is 1.88 bits per heavy atom. The number of epoxide rings is 1. The lowest BCUT2D eigenvalue weighted by molar-refractivity contribution is 0.411. The average Bonchev–Trinajstić information content (AvgIpc) is 2.22. The maximum absolute atomic E-state index is 5.85. The van der Waals surface area contributed by atoms with Crippen LogP contribution in [0.4, 0.5) is 0 Å². The highest BCUT2D eigenvalue weighted by atomic mass is 35.5. The van der Waals surface area contributed by atoms with Gasteiger partial charge in [0.15, 0.2) is 5.56 Å². The van der Waals surface area contributed by atoms with Gasteiger partial charge in [-0.2, -0.15) is 0 Å². The van der Waals surface area contributed by atoms with E-state index >= 15 is 0 Å². The predicted molar refractivity (Wildman–Crippen MR) is 33.5 cm³/mol. The molecule has 0 aromatic rings. The van der Waals surface area contributed by atoms with Crippen LogP contribution in [0, 0.1) is 5.41 Å². The van der Waals surface area contributed by atoms with E-state index in [2.05, 4.69) is 11.3 Å². The predicted octanol–water partition coefficient (Wildman–Crippen LogP) is 1.39. The molecular formula is C5H8ClNO. The van der Waals surface area contributed by atoms with Crippen LogP contribution >= 0.6 is 11.6 Å². The lowest BCUT2D eigenvalue weighted by Gasteiger charge is -1.55. The van der Waals surface area contributed by atoms with Crippen LogP contribution in [0.3, 0.4) is 0 Å². The van der Waals surface area contributed by atoms with Gasteiger partial charge in [-0.3, -0.25) is 5.41 Å². The normalized spacial score (nSPS) is 31.8. The first-order valence-corrected chi connectivity index (χ1v) is 2.64. The van der Waals surface area contributed by atoms with Crippen molar-refractivity contribution in [1.29, 1.82) is 5.41 Å². The molecule has 46 valence electrons. The van der Waals surface area contributed by atoms with Crippen LogP contribution in [-0.2, 0) is 4.74 Å². The highest BCUT2D eigenvalue weighted by Crippen LogP contribution is 2.23. The van der Waals surface area contributed by atoms with Crippen molar-refractivity contribution in [2.75, 3.05) is 0 Å². The van der Waals surface area contributed by atoms with Crippen molar-refractivity contribution < 1.29 is 4.74 Å². The van der Waals surface area contributed by atoms with Crippen molar-refractivity contribution in [3.05, 3.63) is 6.58 Å². The monoisotopic (exact) mass is 133 g/mol. The van der Waals surface area contributed by atoms with Crippen LogP contribution in [0.15, 0.2) is 6.58 Å². The molecule has 2 nitrogen and oxygen atoms in total. The number of hydrogen-bond donors (Lipinski definition) is 1. The molecule has 0 aromatic carbocycles. The molecule has 3 heteroatoms. The summed E-state index contributed by atoms with van der Waals surface area (Å²) in [6.07, 6.45) is 0.316. The summed E-state index contributed by atoms with van der Waals surface area (Å²) in [7, 11) is 0. The molecule has 1 N–H and O–H groups in total. The van der Waals surface area contributed by atoms with E-state index in [1.807, 2.05) is 6.92 Å². The van der Waals surface area contributed by atoms with Crippen LogP contribution in [-0.4, -0.2) is 17.5 Å². The smallest absolute Gasteiger partial charge is 0.157 e. The number of nitrogens with one attached hydrogen (secondary N) is 1. The summed E-state index contributed by atoms with van der Waals surface area (Å²) in [6.45, 7) is 4.84. The zero-order valence-electron chi connectivity index (χ0n) is 4.65. The van der Waals surface area contributed by atoms with E-state index in [1.54, 1.807) is 5.87 Å². The van der Waals surface area contributed by atoms with E-state index in [0.717, 1.165) is 0 Å². The van der Waals surface area contributed by atoms with E-state index in [1.165, 1.54) is 0 Å². The minimum atomic E-state index is 0.0231. The summed E-state index contributed by atoms with van der Waals surface area (Å²) in [6, 6.07) is 0. The Morgan fingerprint density at radius 3 is 2.00 bits per heavy atom. The van der Waals surface area contributed by atoms with E-state index in [-0.39, 0.29) is 5.56 Å². The van der Waals surface area contributed by atoms with Crippen molar-refractivity contribution in [2.24, 2.45) is 0 Å². The quantitative estimate of drug-likeness (QED) is 0.303. The molecule has 0 amide bonds. The lowest BCUT2D eigenvalue weighted by atomic mass is 10.6. The zero-order chi connectivity index (χ0) is 6.57. The Bertz CT molecular complexity index is 92.6. The van der Waals surface area contributed by atoms with Crippen LogP contribution in [0.2, 0.25) is 0 Å². The molecule has 1 aliphatic rings. The number of alkyl halides is 1. The van der Waals surface area contributed by atoms with Crippen LogP contribution in [0.5, 0.6) is 0 Å². The van der Waals surface area contributed by atoms with Gasteiger partial charge in [-0.1, -0.05) is 11.6 Å². The van der Waals surface area contributed by atoms with Gasteiger partial charge in [-0.05, 0) is 19.4 Å². The molecule has 2 atom stereocenters. The molecule has 1 saturated heterocycles. The molecular weight excluding hydrogens is 126 g/mol. The third kappa shape index (κ3) is 3.88. The van der Waals surface area contributed by atoms with Crippen LogP contribution < -0.4 is 0 Å². The molecule has 0 bridgehead atoms. The van der Waals surface area contributed by atoms with E-state index in [9.17, 15) is 0 Å². The first kappa shape index (κ1) is 7.70. The van der Waals surface area contributed by atoms with Crippen molar-refractivity contribution in [3.63, 3.8) is 0 Å². The topological polar surface area (TPSA) is 36.4 Å². The average molecular weight is 134 g/mol. The van der Waals surface area contributed by atoms with Gasteiger partial charge in [-0.25, -0.2) is 0 Å². The van der Waals surface area contributed by atoms with Crippen molar-refractivity contribution in [1.82, 2.24) is 0 Å². The largest absolute Gasteiger partial charge is 0.353 e. The number of halogens is 1. The fourth-order valence-corrected chi connectivity index (χ4v) is 0.322. The molecule has 0 aromatic heterocycles. The van der Waals surface area contributed by atoms with Gasteiger partial charge >= 0.3 is 0 Å². The van der Waals surface area contributed by atoms with Gasteiger partial charge < -0.3 is 4.74 Å². The molecule has 8 heavy (non-hydrogen) atoms. The minimum absolute atomic E-state index is 0.0231. The Morgan fingerprint density at radius 2 is 2.00 bits per heavy atom. The summed E-state index contributed by atoms with van der Waals surface area (Å²) < 4.78 is 4.68. The van der Waals surface area contributed by atoms with Gasteiger partial charge in [0.05, 0.1) is 6.10 Å². The zero-order valence-corrected chi connectivity index (χ0v) is 5.40. The fraction of sp³-hybridized carbons (Fsp3) is 0.600. The van der Waals surface area contributed by atoms with E-state index in [4.69, 9.17) is 17.0 Å². The van der Waals surface area contributed by atoms with Crippen LogP contribution in [0.25, 0.3) is 0 Å². The second-order valence-electron chi connectivity index (χ2n) is 1.37. The third-order valence-corrected chi connectivity index (χ3v) is 1.09. The first-order chi connectivity index (χ1) is 3.72.